The maximum Gasteiger partial charge on any atom is 0.233 e. The molecule has 22 heavy (non-hydrogen) atoms. The van der Waals surface area contributed by atoms with E-state index in [0.717, 1.165) is 44.0 Å². The maximum atomic E-state index is 12.7. The van der Waals surface area contributed by atoms with E-state index in [4.69, 9.17) is 9.47 Å². The molecule has 2 heterocycles. The van der Waals surface area contributed by atoms with Gasteiger partial charge in [-0.25, -0.2) is 0 Å². The predicted octanol–water partition coefficient (Wildman–Crippen LogP) is 1.77. The minimum absolute atomic E-state index is 0.257. The molecular weight excluding hydrogens is 280 g/mol. The van der Waals surface area contributed by atoms with E-state index in [1.807, 2.05) is 23.1 Å². The van der Waals surface area contributed by atoms with Crippen molar-refractivity contribution in [1.29, 1.82) is 0 Å². The third kappa shape index (κ3) is 2.54. The van der Waals surface area contributed by atoms with Gasteiger partial charge in [0.1, 0.15) is 5.75 Å². The molecule has 3 rings (SSSR count). The standard InChI is InChI=1S/C17H24N2O3/c1-3-17(12-22-13-17)16(20)19-10-8-18(9-11-19)14-6-4-5-7-15(14)21-2/h4-7H,3,8-13H2,1-2H3. The van der Waals surface area contributed by atoms with Gasteiger partial charge in [-0.3, -0.25) is 4.79 Å². The van der Waals surface area contributed by atoms with E-state index in [9.17, 15) is 4.79 Å². The summed E-state index contributed by atoms with van der Waals surface area (Å²) in [7, 11) is 1.69. The topological polar surface area (TPSA) is 42.0 Å². The molecule has 1 amide bonds. The fourth-order valence-corrected chi connectivity index (χ4v) is 3.20. The van der Waals surface area contributed by atoms with Crippen molar-refractivity contribution in [3.63, 3.8) is 0 Å². The lowest BCUT2D eigenvalue weighted by Gasteiger charge is -2.45. The van der Waals surface area contributed by atoms with Gasteiger partial charge in [-0.1, -0.05) is 19.1 Å². The molecule has 5 nitrogen and oxygen atoms in total. The van der Waals surface area contributed by atoms with Crippen LogP contribution >= 0.6 is 0 Å². The molecule has 2 saturated heterocycles. The van der Waals surface area contributed by atoms with Crippen LogP contribution in [0.25, 0.3) is 0 Å². The van der Waals surface area contributed by atoms with Crippen LogP contribution in [0.1, 0.15) is 13.3 Å². The molecule has 0 radical (unpaired) electrons. The highest BCUT2D eigenvalue weighted by atomic mass is 16.5. The fraction of sp³-hybridized carbons (Fsp3) is 0.588. The third-order valence-corrected chi connectivity index (χ3v) is 4.88. The van der Waals surface area contributed by atoms with Gasteiger partial charge in [-0.2, -0.15) is 0 Å². The van der Waals surface area contributed by atoms with Crippen LogP contribution in [-0.2, 0) is 9.53 Å². The first-order valence-corrected chi connectivity index (χ1v) is 7.95. The van der Waals surface area contributed by atoms with Gasteiger partial charge in [0.2, 0.25) is 5.91 Å². The Hall–Kier alpha value is -1.75. The summed E-state index contributed by atoms with van der Waals surface area (Å²) in [6.07, 6.45) is 0.860. The molecule has 1 aromatic carbocycles. The largest absolute Gasteiger partial charge is 0.495 e. The lowest BCUT2D eigenvalue weighted by molar-refractivity contribution is -0.173. The summed E-state index contributed by atoms with van der Waals surface area (Å²) >= 11 is 0. The van der Waals surface area contributed by atoms with Crippen LogP contribution in [0.3, 0.4) is 0 Å². The van der Waals surface area contributed by atoms with Crippen LogP contribution < -0.4 is 9.64 Å². The molecular formula is C17H24N2O3. The normalized spacial score (nSPS) is 20.5. The van der Waals surface area contributed by atoms with Crippen molar-refractivity contribution in [3.05, 3.63) is 24.3 Å². The zero-order valence-corrected chi connectivity index (χ0v) is 13.4. The molecule has 0 spiro atoms. The first kappa shape index (κ1) is 15.2. The number of carbonyl (C=O) groups excluding carboxylic acids is 1. The van der Waals surface area contributed by atoms with Crippen LogP contribution in [0, 0.1) is 5.41 Å². The molecule has 0 bridgehead atoms. The molecule has 0 aliphatic carbocycles. The number of benzene rings is 1. The smallest absolute Gasteiger partial charge is 0.233 e. The second-order valence-corrected chi connectivity index (χ2v) is 6.08. The quantitative estimate of drug-likeness (QED) is 0.850. The second kappa shape index (κ2) is 6.16. The zero-order chi connectivity index (χ0) is 15.6. The number of methoxy groups -OCH3 is 1. The van der Waals surface area contributed by atoms with E-state index in [2.05, 4.69) is 17.9 Å². The number of hydrogen-bond donors (Lipinski definition) is 0. The minimum atomic E-state index is -0.257. The van der Waals surface area contributed by atoms with Crippen LogP contribution in [-0.4, -0.2) is 57.3 Å². The Morgan fingerprint density at radius 1 is 1.23 bits per heavy atom. The van der Waals surface area contributed by atoms with Crippen molar-refractivity contribution < 1.29 is 14.3 Å². The summed E-state index contributed by atoms with van der Waals surface area (Å²) in [5, 5.41) is 0. The lowest BCUT2D eigenvalue weighted by Crippen LogP contribution is -2.59. The predicted molar refractivity (Wildman–Crippen MR) is 85.3 cm³/mol. The molecule has 1 aromatic rings. The number of ether oxygens (including phenoxy) is 2. The minimum Gasteiger partial charge on any atom is -0.495 e. The number of rotatable bonds is 4. The van der Waals surface area contributed by atoms with Crippen LogP contribution in [0.4, 0.5) is 5.69 Å². The number of amides is 1. The molecule has 2 fully saturated rings. The highest BCUT2D eigenvalue weighted by molar-refractivity contribution is 5.84. The molecule has 2 aliphatic rings. The van der Waals surface area contributed by atoms with E-state index in [1.165, 1.54) is 0 Å². The molecule has 0 atom stereocenters. The zero-order valence-electron chi connectivity index (χ0n) is 13.4. The van der Waals surface area contributed by atoms with Gasteiger partial charge in [0, 0.05) is 26.2 Å². The van der Waals surface area contributed by atoms with Gasteiger partial charge >= 0.3 is 0 Å². The monoisotopic (exact) mass is 304 g/mol. The van der Waals surface area contributed by atoms with E-state index < -0.39 is 0 Å². The lowest BCUT2D eigenvalue weighted by atomic mass is 9.81. The molecule has 0 aromatic heterocycles. The van der Waals surface area contributed by atoms with Crippen molar-refractivity contribution in [2.75, 3.05) is 51.4 Å². The Balaban J connectivity index is 1.64. The van der Waals surface area contributed by atoms with Crippen molar-refractivity contribution in [2.24, 2.45) is 5.41 Å². The van der Waals surface area contributed by atoms with Crippen LogP contribution in [0.2, 0.25) is 0 Å². The number of piperazine rings is 1. The molecule has 2 aliphatic heterocycles. The third-order valence-electron chi connectivity index (χ3n) is 4.88. The number of anilines is 1. The van der Waals surface area contributed by atoms with Gasteiger partial charge in [0.25, 0.3) is 0 Å². The Morgan fingerprint density at radius 2 is 1.91 bits per heavy atom. The summed E-state index contributed by atoms with van der Waals surface area (Å²) in [5.41, 5.74) is 0.848. The van der Waals surface area contributed by atoms with E-state index in [0.29, 0.717) is 13.2 Å². The maximum absolute atomic E-state index is 12.7. The molecule has 5 heteroatoms. The van der Waals surface area contributed by atoms with Gasteiger partial charge < -0.3 is 19.3 Å². The Bertz CT molecular complexity index is 529. The first-order valence-electron chi connectivity index (χ1n) is 7.95. The Morgan fingerprint density at radius 3 is 2.45 bits per heavy atom. The highest BCUT2D eigenvalue weighted by Crippen LogP contribution is 2.34. The van der Waals surface area contributed by atoms with Crippen molar-refractivity contribution in [3.8, 4) is 5.75 Å². The van der Waals surface area contributed by atoms with Gasteiger partial charge in [0.15, 0.2) is 0 Å². The Labute approximate surface area is 131 Å². The fourth-order valence-electron chi connectivity index (χ4n) is 3.20. The first-order chi connectivity index (χ1) is 10.7. The summed E-state index contributed by atoms with van der Waals surface area (Å²) in [4.78, 5) is 17.0. The van der Waals surface area contributed by atoms with Crippen molar-refractivity contribution in [2.45, 2.75) is 13.3 Å². The van der Waals surface area contributed by atoms with Gasteiger partial charge in [0.05, 0.1) is 31.4 Å². The average Bonchev–Trinajstić information content (AvgIpc) is 2.54. The molecule has 0 unspecified atom stereocenters. The number of para-hydroxylation sites is 2. The molecule has 120 valence electrons. The summed E-state index contributed by atoms with van der Waals surface area (Å²) < 4.78 is 10.7. The van der Waals surface area contributed by atoms with E-state index >= 15 is 0 Å². The molecule has 0 saturated carbocycles. The number of hydrogen-bond acceptors (Lipinski definition) is 4. The van der Waals surface area contributed by atoms with Crippen molar-refractivity contribution >= 4 is 11.6 Å². The second-order valence-electron chi connectivity index (χ2n) is 6.08. The van der Waals surface area contributed by atoms with Crippen LogP contribution in [0.5, 0.6) is 5.75 Å². The summed E-state index contributed by atoms with van der Waals surface area (Å²) in [5.74, 6) is 1.15. The van der Waals surface area contributed by atoms with E-state index in [-0.39, 0.29) is 11.3 Å². The van der Waals surface area contributed by atoms with Gasteiger partial charge in [-0.15, -0.1) is 0 Å². The van der Waals surface area contributed by atoms with E-state index in [1.54, 1.807) is 7.11 Å². The Kier molecular flexibility index (Phi) is 4.25. The molecule has 0 N–H and O–H groups in total. The summed E-state index contributed by atoms with van der Waals surface area (Å²) in [6.45, 7) is 6.44. The van der Waals surface area contributed by atoms with Crippen LogP contribution in [0.15, 0.2) is 24.3 Å². The highest BCUT2D eigenvalue weighted by Gasteiger charge is 2.46. The van der Waals surface area contributed by atoms with Gasteiger partial charge in [-0.05, 0) is 18.6 Å². The number of nitrogens with zero attached hydrogens (tertiary/aromatic N) is 2. The number of carbonyl (C=O) groups is 1. The SMILES string of the molecule is CCC1(C(=O)N2CCN(c3ccccc3OC)CC2)COC1. The summed E-state index contributed by atoms with van der Waals surface area (Å²) in [6, 6.07) is 8.05. The van der Waals surface area contributed by atoms with Crippen molar-refractivity contribution in [1.82, 2.24) is 4.90 Å². The average molecular weight is 304 g/mol.